The summed E-state index contributed by atoms with van der Waals surface area (Å²) in [5.41, 5.74) is 0. The van der Waals surface area contributed by atoms with Crippen molar-refractivity contribution in [3.63, 3.8) is 0 Å². The second kappa shape index (κ2) is 10.5. The van der Waals surface area contributed by atoms with Gasteiger partial charge in [0, 0.05) is 0 Å². The van der Waals surface area contributed by atoms with Crippen LogP contribution in [0.25, 0.3) is 0 Å². The fourth-order valence-corrected chi connectivity index (χ4v) is 2.37. The molecule has 0 aliphatic heterocycles. The molecule has 0 saturated heterocycles. The van der Waals surface area contributed by atoms with E-state index in [1.165, 1.54) is 51.4 Å². The molecule has 0 saturated carbocycles. The van der Waals surface area contributed by atoms with E-state index in [1.54, 1.807) is 0 Å². The van der Waals surface area contributed by atoms with Crippen LogP contribution in [0.2, 0.25) is 0 Å². The van der Waals surface area contributed by atoms with Crippen molar-refractivity contribution in [1.29, 1.82) is 0 Å². The maximum atomic E-state index is 3.94. The van der Waals surface area contributed by atoms with Crippen molar-refractivity contribution in [1.82, 2.24) is 0 Å². The maximum absolute atomic E-state index is 3.94. The predicted molar refractivity (Wildman–Crippen MR) is 70.9 cm³/mol. The third-order valence-corrected chi connectivity index (χ3v) is 3.65. The van der Waals surface area contributed by atoms with Gasteiger partial charge in [0.1, 0.15) is 0 Å². The quantitative estimate of drug-likeness (QED) is 0.440. The summed E-state index contributed by atoms with van der Waals surface area (Å²) in [4.78, 5) is 0. The molecule has 0 aromatic heterocycles. The van der Waals surface area contributed by atoms with Crippen LogP contribution < -0.4 is 0 Å². The van der Waals surface area contributed by atoms with Crippen LogP contribution in [0.15, 0.2) is 0 Å². The molecule has 0 aliphatic rings. The van der Waals surface area contributed by atoms with Gasteiger partial charge in [0.25, 0.3) is 0 Å². The molecule has 0 bridgehead atoms. The van der Waals surface area contributed by atoms with Crippen LogP contribution >= 0.6 is 0 Å². The molecule has 0 heterocycles. The molecule has 0 rings (SSSR count). The summed E-state index contributed by atoms with van der Waals surface area (Å²) in [6, 6.07) is 0. The van der Waals surface area contributed by atoms with E-state index in [1.807, 2.05) is 0 Å². The Balaban J connectivity index is 3.77. The Morgan fingerprint density at radius 1 is 0.867 bits per heavy atom. The standard InChI is InChI=1S/C15H31/c1-5-9-11-14(7-3)13-15(8-4)12-10-6-2/h14-15H,1,5-13H2,2-4H3. The van der Waals surface area contributed by atoms with Crippen LogP contribution in [-0.4, -0.2) is 0 Å². The molecule has 2 unspecified atom stereocenters. The average molecular weight is 211 g/mol. The summed E-state index contributed by atoms with van der Waals surface area (Å²) in [7, 11) is 0. The maximum Gasteiger partial charge on any atom is -0.0414 e. The smallest absolute Gasteiger partial charge is 0.0414 e. The van der Waals surface area contributed by atoms with E-state index in [0.717, 1.165) is 18.3 Å². The number of rotatable bonds is 10. The Morgan fingerprint density at radius 3 is 1.80 bits per heavy atom. The lowest BCUT2D eigenvalue weighted by molar-refractivity contribution is 0.312. The van der Waals surface area contributed by atoms with Gasteiger partial charge in [-0.2, -0.15) is 0 Å². The summed E-state index contributed by atoms with van der Waals surface area (Å²) >= 11 is 0. The molecule has 0 fully saturated rings. The zero-order valence-corrected chi connectivity index (χ0v) is 11.2. The van der Waals surface area contributed by atoms with E-state index in [4.69, 9.17) is 0 Å². The van der Waals surface area contributed by atoms with E-state index in [9.17, 15) is 0 Å². The fraction of sp³-hybridized carbons (Fsp3) is 0.933. The highest BCUT2D eigenvalue weighted by molar-refractivity contribution is 4.65. The molecule has 15 heavy (non-hydrogen) atoms. The van der Waals surface area contributed by atoms with E-state index in [2.05, 4.69) is 27.7 Å². The zero-order valence-electron chi connectivity index (χ0n) is 11.2. The van der Waals surface area contributed by atoms with Crippen molar-refractivity contribution < 1.29 is 0 Å². The second-order valence-corrected chi connectivity index (χ2v) is 4.92. The minimum atomic E-state index is 0.966. The first-order valence-corrected chi connectivity index (χ1v) is 7.07. The van der Waals surface area contributed by atoms with Gasteiger partial charge in [0.2, 0.25) is 0 Å². The van der Waals surface area contributed by atoms with Crippen LogP contribution in [-0.2, 0) is 0 Å². The van der Waals surface area contributed by atoms with Gasteiger partial charge in [-0.25, -0.2) is 0 Å². The third kappa shape index (κ3) is 7.88. The Labute approximate surface area is 97.8 Å². The first-order chi connectivity index (χ1) is 7.28. The van der Waals surface area contributed by atoms with Gasteiger partial charge in [-0.1, -0.05) is 79.1 Å². The Hall–Kier alpha value is 0. The molecule has 0 N–H and O–H groups in total. The minimum absolute atomic E-state index is 0.966. The van der Waals surface area contributed by atoms with Crippen molar-refractivity contribution in [2.45, 2.75) is 78.6 Å². The van der Waals surface area contributed by atoms with E-state index >= 15 is 0 Å². The van der Waals surface area contributed by atoms with E-state index in [0.29, 0.717) is 0 Å². The third-order valence-electron chi connectivity index (χ3n) is 3.65. The average Bonchev–Trinajstić information content (AvgIpc) is 2.28. The first-order valence-electron chi connectivity index (χ1n) is 7.07. The lowest BCUT2D eigenvalue weighted by atomic mass is 9.85. The van der Waals surface area contributed by atoms with Crippen LogP contribution in [0.1, 0.15) is 78.6 Å². The molecular formula is C15H31. The highest BCUT2D eigenvalue weighted by atomic mass is 14.2. The van der Waals surface area contributed by atoms with Gasteiger partial charge >= 0.3 is 0 Å². The molecule has 91 valence electrons. The van der Waals surface area contributed by atoms with E-state index < -0.39 is 0 Å². The molecular weight excluding hydrogens is 180 g/mol. The lowest BCUT2D eigenvalue weighted by Crippen LogP contribution is -2.08. The summed E-state index contributed by atoms with van der Waals surface area (Å²) in [6.07, 6.45) is 12.3. The number of unbranched alkanes of at least 4 members (excludes halogenated alkanes) is 2. The SMILES string of the molecule is [CH2]CCCC(CC)CC(CC)CCCC. The van der Waals surface area contributed by atoms with Gasteiger partial charge in [0.15, 0.2) is 0 Å². The molecule has 0 nitrogen and oxygen atoms in total. The van der Waals surface area contributed by atoms with Crippen molar-refractivity contribution >= 4 is 0 Å². The van der Waals surface area contributed by atoms with Crippen molar-refractivity contribution in [3.05, 3.63) is 6.92 Å². The number of hydrogen-bond acceptors (Lipinski definition) is 0. The van der Waals surface area contributed by atoms with Crippen LogP contribution in [0.5, 0.6) is 0 Å². The van der Waals surface area contributed by atoms with Crippen molar-refractivity contribution in [3.8, 4) is 0 Å². The zero-order chi connectivity index (χ0) is 11.5. The monoisotopic (exact) mass is 211 g/mol. The molecule has 0 aromatic carbocycles. The summed E-state index contributed by atoms with van der Waals surface area (Å²) in [6.45, 7) is 10.9. The topological polar surface area (TPSA) is 0 Å². The molecule has 2 atom stereocenters. The van der Waals surface area contributed by atoms with E-state index in [-0.39, 0.29) is 0 Å². The largest absolute Gasteiger partial charge is 0.0654 e. The predicted octanol–water partition coefficient (Wildman–Crippen LogP) is 5.62. The molecule has 0 heteroatoms. The second-order valence-electron chi connectivity index (χ2n) is 4.92. The minimum Gasteiger partial charge on any atom is -0.0654 e. The molecule has 0 amide bonds. The summed E-state index contributed by atoms with van der Waals surface area (Å²) in [5.74, 6) is 1.95. The van der Waals surface area contributed by atoms with Gasteiger partial charge in [-0.05, 0) is 18.3 Å². The van der Waals surface area contributed by atoms with Gasteiger partial charge < -0.3 is 0 Å². The highest BCUT2D eigenvalue weighted by Crippen LogP contribution is 2.26. The fourth-order valence-electron chi connectivity index (χ4n) is 2.37. The Morgan fingerprint density at radius 2 is 1.40 bits per heavy atom. The van der Waals surface area contributed by atoms with Crippen LogP contribution in [0.3, 0.4) is 0 Å². The lowest BCUT2D eigenvalue weighted by Gasteiger charge is -2.21. The molecule has 0 spiro atoms. The normalized spacial score (nSPS) is 15.2. The van der Waals surface area contributed by atoms with Gasteiger partial charge in [-0.15, -0.1) is 0 Å². The molecule has 1 radical (unpaired) electrons. The number of hydrogen-bond donors (Lipinski definition) is 0. The Bertz CT molecular complexity index is 103. The van der Waals surface area contributed by atoms with Crippen molar-refractivity contribution in [2.24, 2.45) is 11.8 Å². The van der Waals surface area contributed by atoms with Gasteiger partial charge in [-0.3, -0.25) is 0 Å². The molecule has 0 aromatic rings. The van der Waals surface area contributed by atoms with Crippen molar-refractivity contribution in [2.75, 3.05) is 0 Å². The molecule has 0 aliphatic carbocycles. The Kier molecular flexibility index (Phi) is 10.5. The van der Waals surface area contributed by atoms with Crippen LogP contribution in [0, 0.1) is 18.8 Å². The first kappa shape index (κ1) is 15.0. The highest BCUT2D eigenvalue weighted by Gasteiger charge is 2.13. The van der Waals surface area contributed by atoms with Crippen LogP contribution in [0.4, 0.5) is 0 Å². The summed E-state index contributed by atoms with van der Waals surface area (Å²) in [5, 5.41) is 0. The summed E-state index contributed by atoms with van der Waals surface area (Å²) < 4.78 is 0. The van der Waals surface area contributed by atoms with Gasteiger partial charge in [0.05, 0.1) is 0 Å².